The summed E-state index contributed by atoms with van der Waals surface area (Å²) in [4.78, 5) is 35.3. The number of carbonyl (C=O) groups excluding carboxylic acids is 3. The number of urea groups is 1. The SMILES string of the molecule is C=C(Cl)CN1C(=O)NC(=O)C(C)(C)C1=O. The Kier molecular flexibility index (Phi) is 2.86. The van der Waals surface area contributed by atoms with Gasteiger partial charge in [-0.1, -0.05) is 18.2 Å². The van der Waals surface area contributed by atoms with Gasteiger partial charge in [-0.3, -0.25) is 19.8 Å². The average molecular weight is 231 g/mol. The topological polar surface area (TPSA) is 66.5 Å². The van der Waals surface area contributed by atoms with Crippen molar-refractivity contribution in [2.24, 2.45) is 5.41 Å². The molecule has 0 atom stereocenters. The number of hydrogen-bond donors (Lipinski definition) is 1. The minimum atomic E-state index is -1.25. The van der Waals surface area contributed by atoms with E-state index in [0.717, 1.165) is 4.90 Å². The van der Waals surface area contributed by atoms with E-state index in [4.69, 9.17) is 11.6 Å². The monoisotopic (exact) mass is 230 g/mol. The van der Waals surface area contributed by atoms with Crippen molar-refractivity contribution in [3.05, 3.63) is 11.6 Å². The van der Waals surface area contributed by atoms with Crippen molar-refractivity contribution >= 4 is 29.4 Å². The van der Waals surface area contributed by atoms with E-state index in [2.05, 4.69) is 11.9 Å². The van der Waals surface area contributed by atoms with Gasteiger partial charge in [-0.2, -0.15) is 0 Å². The minimum Gasteiger partial charge on any atom is -0.277 e. The zero-order valence-electron chi connectivity index (χ0n) is 8.46. The van der Waals surface area contributed by atoms with Crippen LogP contribution in [0.15, 0.2) is 11.6 Å². The predicted octanol–water partition coefficient (Wildman–Crippen LogP) is 0.844. The summed E-state index contributed by atoms with van der Waals surface area (Å²) in [5.41, 5.74) is -1.25. The summed E-state index contributed by atoms with van der Waals surface area (Å²) in [5, 5.41) is 2.24. The fraction of sp³-hybridized carbons (Fsp3) is 0.444. The van der Waals surface area contributed by atoms with Crippen LogP contribution in [-0.4, -0.2) is 29.3 Å². The number of hydrogen-bond acceptors (Lipinski definition) is 3. The lowest BCUT2D eigenvalue weighted by atomic mass is 9.89. The average Bonchev–Trinajstić information content (AvgIpc) is 2.10. The molecule has 1 N–H and O–H groups in total. The lowest BCUT2D eigenvalue weighted by Gasteiger charge is -2.34. The third kappa shape index (κ3) is 2.02. The molecule has 1 saturated heterocycles. The Hall–Kier alpha value is -1.36. The van der Waals surface area contributed by atoms with Crippen molar-refractivity contribution in [2.45, 2.75) is 13.8 Å². The van der Waals surface area contributed by atoms with Gasteiger partial charge in [-0.05, 0) is 13.8 Å². The zero-order valence-corrected chi connectivity index (χ0v) is 9.22. The van der Waals surface area contributed by atoms with Crippen LogP contribution in [0.4, 0.5) is 4.79 Å². The summed E-state index contributed by atoms with van der Waals surface area (Å²) in [6, 6.07) is -0.758. The Balaban J connectivity index is 2.99. The highest BCUT2D eigenvalue weighted by Gasteiger charge is 2.46. The molecule has 1 aliphatic rings. The molecule has 0 aliphatic carbocycles. The molecule has 1 aliphatic heterocycles. The van der Waals surface area contributed by atoms with Crippen LogP contribution in [0, 0.1) is 5.41 Å². The van der Waals surface area contributed by atoms with Gasteiger partial charge in [0.1, 0.15) is 5.41 Å². The molecule has 0 saturated carbocycles. The molecule has 4 amide bonds. The molecule has 15 heavy (non-hydrogen) atoms. The van der Waals surface area contributed by atoms with Crippen LogP contribution in [0.1, 0.15) is 13.8 Å². The Bertz CT molecular complexity index is 362. The van der Waals surface area contributed by atoms with Crippen LogP contribution in [0.2, 0.25) is 0 Å². The minimum absolute atomic E-state index is 0.0943. The molecule has 0 aromatic rings. The van der Waals surface area contributed by atoms with Crippen LogP contribution in [-0.2, 0) is 9.59 Å². The number of nitrogens with zero attached hydrogens (tertiary/aromatic N) is 1. The molecule has 1 heterocycles. The highest BCUT2D eigenvalue weighted by molar-refractivity contribution is 6.30. The van der Waals surface area contributed by atoms with Gasteiger partial charge >= 0.3 is 6.03 Å². The molecule has 0 bridgehead atoms. The third-order valence-corrected chi connectivity index (χ3v) is 2.26. The van der Waals surface area contributed by atoms with E-state index in [1.165, 1.54) is 13.8 Å². The Morgan fingerprint density at radius 1 is 1.47 bits per heavy atom. The smallest absolute Gasteiger partial charge is 0.277 e. The van der Waals surface area contributed by atoms with Crippen LogP contribution >= 0.6 is 11.6 Å². The third-order valence-electron chi connectivity index (χ3n) is 2.14. The van der Waals surface area contributed by atoms with Crippen molar-refractivity contribution in [1.82, 2.24) is 10.2 Å². The Morgan fingerprint density at radius 2 is 2.00 bits per heavy atom. The zero-order chi connectivity index (χ0) is 11.8. The number of carbonyl (C=O) groups is 3. The van der Waals surface area contributed by atoms with Gasteiger partial charge in [0.25, 0.3) is 0 Å². The Morgan fingerprint density at radius 3 is 2.47 bits per heavy atom. The molecule has 0 aromatic heterocycles. The molecule has 0 spiro atoms. The second-order valence-corrected chi connectivity index (χ2v) is 4.33. The van der Waals surface area contributed by atoms with Gasteiger partial charge in [0.05, 0.1) is 6.54 Å². The van der Waals surface area contributed by atoms with Crippen LogP contribution in [0.25, 0.3) is 0 Å². The molecule has 5 nitrogen and oxygen atoms in total. The van der Waals surface area contributed by atoms with E-state index in [1.807, 2.05) is 0 Å². The first-order valence-corrected chi connectivity index (χ1v) is 4.65. The van der Waals surface area contributed by atoms with E-state index in [9.17, 15) is 14.4 Å². The summed E-state index contributed by atoms with van der Waals surface area (Å²) >= 11 is 5.52. The van der Waals surface area contributed by atoms with Crippen LogP contribution < -0.4 is 5.32 Å². The van der Waals surface area contributed by atoms with Gasteiger partial charge in [-0.25, -0.2) is 4.79 Å². The first kappa shape index (κ1) is 11.7. The Labute approximate surface area is 92.1 Å². The molecule has 1 fully saturated rings. The predicted molar refractivity (Wildman–Crippen MR) is 54.0 cm³/mol. The highest BCUT2D eigenvalue weighted by atomic mass is 35.5. The lowest BCUT2D eigenvalue weighted by molar-refractivity contribution is -0.148. The summed E-state index contributed by atoms with van der Waals surface area (Å²) < 4.78 is 0. The number of barbiturate groups is 1. The highest BCUT2D eigenvalue weighted by Crippen LogP contribution is 2.24. The molecular weight excluding hydrogens is 220 g/mol. The quantitative estimate of drug-likeness (QED) is 0.715. The molecule has 0 aromatic carbocycles. The standard InChI is InChI=1S/C9H11ClN2O3/c1-5(10)4-12-7(14)9(2,3)6(13)11-8(12)15/h1,4H2,2-3H3,(H,11,13,15). The van der Waals surface area contributed by atoms with E-state index < -0.39 is 23.3 Å². The summed E-state index contributed by atoms with van der Waals surface area (Å²) in [6.45, 7) is 6.19. The van der Waals surface area contributed by atoms with E-state index in [0.29, 0.717) is 0 Å². The van der Waals surface area contributed by atoms with Crippen molar-refractivity contribution in [3.8, 4) is 0 Å². The fourth-order valence-corrected chi connectivity index (χ4v) is 1.28. The van der Waals surface area contributed by atoms with Crippen LogP contribution in [0.5, 0.6) is 0 Å². The number of imide groups is 2. The van der Waals surface area contributed by atoms with E-state index in [-0.39, 0.29) is 11.6 Å². The fourth-order valence-electron chi connectivity index (χ4n) is 1.16. The molecule has 0 unspecified atom stereocenters. The molecule has 6 heteroatoms. The van der Waals surface area contributed by atoms with Gasteiger partial charge in [0, 0.05) is 5.03 Å². The lowest BCUT2D eigenvalue weighted by Crippen LogP contribution is -2.61. The summed E-state index contributed by atoms with van der Waals surface area (Å²) in [5.74, 6) is -1.17. The van der Waals surface area contributed by atoms with Gasteiger partial charge < -0.3 is 0 Å². The van der Waals surface area contributed by atoms with E-state index >= 15 is 0 Å². The molecule has 1 rings (SSSR count). The van der Waals surface area contributed by atoms with Gasteiger partial charge in [0.15, 0.2) is 0 Å². The largest absolute Gasteiger partial charge is 0.331 e. The first-order chi connectivity index (χ1) is 6.76. The summed E-state index contributed by atoms with van der Waals surface area (Å²) in [7, 11) is 0. The van der Waals surface area contributed by atoms with Crippen molar-refractivity contribution in [1.29, 1.82) is 0 Å². The maximum Gasteiger partial charge on any atom is 0.331 e. The van der Waals surface area contributed by atoms with Crippen molar-refractivity contribution < 1.29 is 14.4 Å². The van der Waals surface area contributed by atoms with E-state index in [1.54, 1.807) is 0 Å². The number of amides is 4. The second kappa shape index (κ2) is 3.66. The summed E-state index contributed by atoms with van der Waals surface area (Å²) in [6.07, 6.45) is 0. The number of rotatable bonds is 2. The maximum absolute atomic E-state index is 11.7. The van der Waals surface area contributed by atoms with Crippen LogP contribution in [0.3, 0.4) is 0 Å². The van der Waals surface area contributed by atoms with Gasteiger partial charge in [0.2, 0.25) is 11.8 Å². The van der Waals surface area contributed by atoms with Crippen molar-refractivity contribution in [3.63, 3.8) is 0 Å². The first-order valence-electron chi connectivity index (χ1n) is 4.27. The second-order valence-electron chi connectivity index (χ2n) is 3.79. The molecule has 0 radical (unpaired) electrons. The maximum atomic E-state index is 11.7. The molecular formula is C9H11ClN2O3. The van der Waals surface area contributed by atoms with Crippen molar-refractivity contribution in [2.75, 3.05) is 6.54 Å². The molecule has 82 valence electrons. The van der Waals surface area contributed by atoms with Gasteiger partial charge in [-0.15, -0.1) is 0 Å². The normalized spacial score (nSPS) is 20.2. The number of nitrogens with one attached hydrogen (secondary N) is 1. The number of halogens is 1.